The standard InChI is InChI=1S/C15H12Cl2FNO/c16-12-2-1-3-13(15(12)17)19-8-11-7-9-6-10(18)4-5-14(9)20-11/h1-6,11,19H,7-8H2. The van der Waals surface area contributed by atoms with E-state index >= 15 is 0 Å². The van der Waals surface area contributed by atoms with Crippen LogP contribution < -0.4 is 10.1 Å². The van der Waals surface area contributed by atoms with Crippen LogP contribution in [0.4, 0.5) is 10.1 Å². The van der Waals surface area contributed by atoms with E-state index in [-0.39, 0.29) is 11.9 Å². The lowest BCUT2D eigenvalue weighted by Crippen LogP contribution is -2.24. The van der Waals surface area contributed by atoms with Crippen LogP contribution in [0.2, 0.25) is 10.0 Å². The molecule has 0 fully saturated rings. The molecule has 0 aliphatic carbocycles. The molecule has 20 heavy (non-hydrogen) atoms. The van der Waals surface area contributed by atoms with Crippen molar-refractivity contribution in [2.75, 3.05) is 11.9 Å². The van der Waals surface area contributed by atoms with Crippen LogP contribution in [-0.2, 0) is 6.42 Å². The smallest absolute Gasteiger partial charge is 0.123 e. The molecule has 1 aliphatic heterocycles. The number of hydrogen-bond acceptors (Lipinski definition) is 2. The fourth-order valence-electron chi connectivity index (χ4n) is 2.27. The molecule has 1 unspecified atom stereocenters. The van der Waals surface area contributed by atoms with Gasteiger partial charge in [0.25, 0.3) is 0 Å². The van der Waals surface area contributed by atoms with Gasteiger partial charge in [0.2, 0.25) is 0 Å². The molecule has 1 N–H and O–H groups in total. The van der Waals surface area contributed by atoms with E-state index in [0.717, 1.165) is 17.0 Å². The van der Waals surface area contributed by atoms with Gasteiger partial charge in [-0.05, 0) is 30.3 Å². The van der Waals surface area contributed by atoms with Gasteiger partial charge in [0.1, 0.15) is 17.7 Å². The molecule has 104 valence electrons. The second-order valence-corrected chi connectivity index (χ2v) is 5.46. The highest BCUT2D eigenvalue weighted by Crippen LogP contribution is 2.32. The van der Waals surface area contributed by atoms with Gasteiger partial charge in [-0.15, -0.1) is 0 Å². The first kappa shape index (κ1) is 13.5. The number of ether oxygens (including phenoxy) is 1. The van der Waals surface area contributed by atoms with Gasteiger partial charge in [-0.1, -0.05) is 29.3 Å². The SMILES string of the molecule is Fc1ccc2c(c1)CC(CNc1cccc(Cl)c1Cl)O2. The molecule has 2 aromatic carbocycles. The van der Waals surface area contributed by atoms with Crippen LogP contribution in [0.1, 0.15) is 5.56 Å². The largest absolute Gasteiger partial charge is 0.488 e. The molecule has 0 saturated heterocycles. The summed E-state index contributed by atoms with van der Waals surface area (Å²) in [5.41, 5.74) is 1.67. The summed E-state index contributed by atoms with van der Waals surface area (Å²) in [6, 6.07) is 10.0. The molecule has 1 atom stereocenters. The van der Waals surface area contributed by atoms with Gasteiger partial charge in [0, 0.05) is 12.0 Å². The summed E-state index contributed by atoms with van der Waals surface area (Å²) in [4.78, 5) is 0. The first-order valence-corrected chi connectivity index (χ1v) is 7.02. The Hall–Kier alpha value is -1.45. The van der Waals surface area contributed by atoms with Crippen LogP contribution in [-0.4, -0.2) is 12.6 Å². The first-order chi connectivity index (χ1) is 9.63. The number of benzene rings is 2. The lowest BCUT2D eigenvalue weighted by molar-refractivity contribution is 0.246. The Kier molecular flexibility index (Phi) is 3.72. The maximum Gasteiger partial charge on any atom is 0.123 e. The molecule has 2 nitrogen and oxygen atoms in total. The zero-order chi connectivity index (χ0) is 14.1. The molecule has 2 aromatic rings. The Morgan fingerprint density at radius 3 is 2.95 bits per heavy atom. The van der Waals surface area contributed by atoms with E-state index < -0.39 is 0 Å². The van der Waals surface area contributed by atoms with Gasteiger partial charge in [-0.3, -0.25) is 0 Å². The van der Waals surface area contributed by atoms with Crippen molar-refractivity contribution in [3.05, 3.63) is 57.8 Å². The molecule has 0 bridgehead atoms. The van der Waals surface area contributed by atoms with Gasteiger partial charge < -0.3 is 10.1 Å². The number of hydrogen-bond donors (Lipinski definition) is 1. The molecule has 0 amide bonds. The summed E-state index contributed by atoms with van der Waals surface area (Å²) < 4.78 is 18.9. The molecule has 3 rings (SSSR count). The highest BCUT2D eigenvalue weighted by Gasteiger charge is 2.23. The van der Waals surface area contributed by atoms with E-state index in [2.05, 4.69) is 5.32 Å². The lowest BCUT2D eigenvalue weighted by Gasteiger charge is -2.14. The van der Waals surface area contributed by atoms with E-state index in [1.807, 2.05) is 12.1 Å². The number of anilines is 1. The van der Waals surface area contributed by atoms with Crippen molar-refractivity contribution in [3.8, 4) is 5.75 Å². The monoisotopic (exact) mass is 311 g/mol. The molecule has 0 saturated carbocycles. The number of rotatable bonds is 3. The maximum atomic E-state index is 13.1. The van der Waals surface area contributed by atoms with Crippen molar-refractivity contribution < 1.29 is 9.13 Å². The number of fused-ring (bicyclic) bond motifs is 1. The molecule has 1 heterocycles. The highest BCUT2D eigenvalue weighted by atomic mass is 35.5. The predicted octanol–water partition coefficient (Wildman–Crippen LogP) is 4.55. The van der Waals surface area contributed by atoms with Crippen LogP contribution in [0.15, 0.2) is 36.4 Å². The molecule has 5 heteroatoms. The highest BCUT2D eigenvalue weighted by molar-refractivity contribution is 6.43. The van der Waals surface area contributed by atoms with Crippen molar-refractivity contribution in [1.82, 2.24) is 0 Å². The second kappa shape index (κ2) is 5.51. The summed E-state index contributed by atoms with van der Waals surface area (Å²) >= 11 is 12.1. The minimum atomic E-state index is -0.237. The zero-order valence-electron chi connectivity index (χ0n) is 10.5. The lowest BCUT2D eigenvalue weighted by atomic mass is 10.1. The summed E-state index contributed by atoms with van der Waals surface area (Å²) in [7, 11) is 0. The van der Waals surface area contributed by atoms with Crippen molar-refractivity contribution >= 4 is 28.9 Å². The Bertz CT molecular complexity index is 648. The average molecular weight is 312 g/mol. The fraction of sp³-hybridized carbons (Fsp3) is 0.200. The second-order valence-electron chi connectivity index (χ2n) is 4.68. The zero-order valence-corrected chi connectivity index (χ0v) is 12.0. The molecule has 0 aromatic heterocycles. The fourth-order valence-corrected chi connectivity index (χ4v) is 2.63. The molecular formula is C15H12Cl2FNO. The topological polar surface area (TPSA) is 21.3 Å². The van der Waals surface area contributed by atoms with E-state index in [0.29, 0.717) is 23.0 Å². The van der Waals surface area contributed by atoms with E-state index in [4.69, 9.17) is 27.9 Å². The number of nitrogens with one attached hydrogen (secondary N) is 1. The minimum Gasteiger partial charge on any atom is -0.488 e. The third kappa shape index (κ3) is 2.69. The minimum absolute atomic E-state index is 0.0400. The molecular weight excluding hydrogens is 300 g/mol. The molecule has 0 spiro atoms. The summed E-state index contributed by atoms with van der Waals surface area (Å²) in [6.07, 6.45) is 0.639. The Balaban J connectivity index is 1.65. The number of halogens is 3. The van der Waals surface area contributed by atoms with Crippen LogP contribution >= 0.6 is 23.2 Å². The quantitative estimate of drug-likeness (QED) is 0.898. The Morgan fingerprint density at radius 2 is 2.10 bits per heavy atom. The Morgan fingerprint density at radius 1 is 1.25 bits per heavy atom. The molecule has 0 radical (unpaired) electrons. The first-order valence-electron chi connectivity index (χ1n) is 6.26. The molecule has 1 aliphatic rings. The van der Waals surface area contributed by atoms with Gasteiger partial charge in [0.15, 0.2) is 0 Å². The normalized spacial score (nSPS) is 16.6. The summed E-state index contributed by atoms with van der Waals surface area (Å²) in [5.74, 6) is 0.509. The van der Waals surface area contributed by atoms with Gasteiger partial charge >= 0.3 is 0 Å². The third-order valence-corrected chi connectivity index (χ3v) is 4.05. The Labute approximate surface area is 126 Å². The van der Waals surface area contributed by atoms with Gasteiger partial charge in [-0.2, -0.15) is 0 Å². The van der Waals surface area contributed by atoms with E-state index in [9.17, 15) is 4.39 Å². The van der Waals surface area contributed by atoms with Crippen LogP contribution in [0.5, 0.6) is 5.75 Å². The van der Waals surface area contributed by atoms with Crippen molar-refractivity contribution in [2.45, 2.75) is 12.5 Å². The van der Waals surface area contributed by atoms with Crippen LogP contribution in [0.25, 0.3) is 0 Å². The third-order valence-electron chi connectivity index (χ3n) is 3.24. The van der Waals surface area contributed by atoms with Gasteiger partial charge in [-0.25, -0.2) is 4.39 Å². The predicted molar refractivity (Wildman–Crippen MR) is 79.5 cm³/mol. The van der Waals surface area contributed by atoms with E-state index in [1.54, 1.807) is 12.1 Å². The summed E-state index contributed by atoms with van der Waals surface area (Å²) in [5, 5.41) is 4.21. The van der Waals surface area contributed by atoms with Crippen molar-refractivity contribution in [2.24, 2.45) is 0 Å². The summed E-state index contributed by atoms with van der Waals surface area (Å²) in [6.45, 7) is 0.580. The maximum absolute atomic E-state index is 13.1. The van der Waals surface area contributed by atoms with Crippen molar-refractivity contribution in [1.29, 1.82) is 0 Å². The average Bonchev–Trinajstić information content (AvgIpc) is 2.82. The van der Waals surface area contributed by atoms with Crippen molar-refractivity contribution in [3.63, 3.8) is 0 Å². The van der Waals surface area contributed by atoms with Crippen LogP contribution in [0.3, 0.4) is 0 Å². The van der Waals surface area contributed by atoms with Gasteiger partial charge in [0.05, 0.1) is 22.3 Å². The van der Waals surface area contributed by atoms with E-state index in [1.165, 1.54) is 12.1 Å². The van der Waals surface area contributed by atoms with Crippen LogP contribution in [0, 0.1) is 5.82 Å².